The highest BCUT2D eigenvalue weighted by Crippen LogP contribution is 2.33. The fourth-order valence-corrected chi connectivity index (χ4v) is 4.50. The van der Waals surface area contributed by atoms with Crippen LogP contribution in [0.25, 0.3) is 10.9 Å². The lowest BCUT2D eigenvalue weighted by Gasteiger charge is -2.21. The molecule has 204 valence electrons. The van der Waals surface area contributed by atoms with Crippen molar-refractivity contribution in [3.8, 4) is 0 Å². The number of rotatable bonds is 5. The molecule has 1 unspecified atom stereocenters. The van der Waals surface area contributed by atoms with Crippen molar-refractivity contribution in [3.05, 3.63) is 87.0 Å². The molecule has 0 radical (unpaired) electrons. The number of nitrogens with two attached hydrogens (primary N) is 1. The lowest BCUT2D eigenvalue weighted by Crippen LogP contribution is -2.36. The van der Waals surface area contributed by atoms with Crippen molar-refractivity contribution in [3.63, 3.8) is 0 Å². The Labute approximate surface area is 222 Å². The summed E-state index contributed by atoms with van der Waals surface area (Å²) in [6, 6.07) is 5.76. The zero-order valence-corrected chi connectivity index (χ0v) is 20.9. The number of hydrogen-bond acceptors (Lipinski definition) is 4. The molecule has 39 heavy (non-hydrogen) atoms. The van der Waals surface area contributed by atoms with E-state index in [0.29, 0.717) is 6.07 Å². The van der Waals surface area contributed by atoms with Crippen molar-refractivity contribution in [2.45, 2.75) is 25.9 Å². The van der Waals surface area contributed by atoms with Gasteiger partial charge < -0.3 is 11.1 Å². The van der Waals surface area contributed by atoms with Crippen molar-refractivity contribution in [1.29, 1.82) is 0 Å². The third-order valence-corrected chi connectivity index (χ3v) is 6.62. The second kappa shape index (κ2) is 10.7. The van der Waals surface area contributed by atoms with E-state index in [-0.39, 0.29) is 47.0 Å². The molecule has 4 rings (SSSR count). The van der Waals surface area contributed by atoms with Gasteiger partial charge in [0.05, 0.1) is 21.8 Å². The Morgan fingerprint density at radius 3 is 2.46 bits per heavy atom. The summed E-state index contributed by atoms with van der Waals surface area (Å²) >= 11 is 5.85. The topological polar surface area (TPSA) is 97.4 Å². The van der Waals surface area contributed by atoms with E-state index in [1.54, 1.807) is 0 Å². The second-order valence-electron chi connectivity index (χ2n) is 8.87. The molecule has 1 aromatic heterocycles. The molecule has 3 N–H and O–H groups in total. The summed E-state index contributed by atoms with van der Waals surface area (Å²) in [5, 5.41) is 1.79. The van der Waals surface area contributed by atoms with E-state index in [1.165, 1.54) is 13.0 Å². The van der Waals surface area contributed by atoms with E-state index < -0.39 is 63.5 Å². The van der Waals surface area contributed by atoms with Gasteiger partial charge in [0.2, 0.25) is 0 Å². The number of alkyl halides is 3. The number of aliphatic imine (C=N–C) groups is 1. The number of nitrogens with one attached hydrogen (secondary N) is 1. The summed E-state index contributed by atoms with van der Waals surface area (Å²) in [6.45, 7) is 1.07. The van der Waals surface area contributed by atoms with Crippen LogP contribution < -0.4 is 11.1 Å². The third kappa shape index (κ3) is 5.90. The molecule has 3 aromatic rings. The first kappa shape index (κ1) is 28.1. The predicted molar refractivity (Wildman–Crippen MR) is 132 cm³/mol. The highest BCUT2D eigenvalue weighted by Gasteiger charge is 2.41. The maximum atomic E-state index is 14.3. The van der Waals surface area contributed by atoms with Gasteiger partial charge in [-0.1, -0.05) is 17.7 Å². The van der Waals surface area contributed by atoms with E-state index in [9.17, 15) is 35.9 Å². The lowest BCUT2D eigenvalue weighted by atomic mass is 9.88. The molecule has 0 saturated heterocycles. The summed E-state index contributed by atoms with van der Waals surface area (Å²) in [7, 11) is 0. The van der Waals surface area contributed by atoms with Crippen LogP contribution in [-0.2, 0) is 6.42 Å². The summed E-state index contributed by atoms with van der Waals surface area (Å²) < 4.78 is 83.8. The van der Waals surface area contributed by atoms with E-state index in [2.05, 4.69) is 15.3 Å². The smallest absolute Gasteiger partial charge is 0.364 e. The molecule has 6 nitrogen and oxygen atoms in total. The zero-order valence-electron chi connectivity index (χ0n) is 20.1. The van der Waals surface area contributed by atoms with Gasteiger partial charge in [-0.3, -0.25) is 14.6 Å². The first-order valence-electron chi connectivity index (χ1n) is 11.4. The quantitative estimate of drug-likeness (QED) is 0.388. The van der Waals surface area contributed by atoms with Gasteiger partial charge in [0.15, 0.2) is 5.71 Å². The molecule has 0 saturated carbocycles. The van der Waals surface area contributed by atoms with Crippen LogP contribution in [0.1, 0.15) is 39.8 Å². The number of aromatic nitrogens is 1. The summed E-state index contributed by atoms with van der Waals surface area (Å²) in [4.78, 5) is 32.7. The molecule has 2 heterocycles. The normalized spacial score (nSPS) is 16.2. The van der Waals surface area contributed by atoms with Gasteiger partial charge >= 0.3 is 6.18 Å². The number of hydrogen-bond donors (Lipinski definition) is 2. The zero-order chi connectivity index (χ0) is 28.6. The van der Waals surface area contributed by atoms with Gasteiger partial charge in [-0.05, 0) is 55.0 Å². The summed E-state index contributed by atoms with van der Waals surface area (Å²) in [5.41, 5.74) is 2.43. The minimum Gasteiger partial charge on any atom is -0.364 e. The van der Waals surface area contributed by atoms with Crippen LogP contribution >= 0.6 is 11.6 Å². The van der Waals surface area contributed by atoms with Crippen LogP contribution in [0.15, 0.2) is 52.7 Å². The van der Waals surface area contributed by atoms with E-state index >= 15 is 0 Å². The Balaban J connectivity index is 1.82. The maximum absolute atomic E-state index is 14.3. The number of allylic oxidation sites excluding steroid dienone is 2. The minimum atomic E-state index is -4.97. The Morgan fingerprint density at radius 2 is 1.82 bits per heavy atom. The van der Waals surface area contributed by atoms with E-state index in [1.807, 2.05) is 0 Å². The Bertz CT molecular complexity index is 1570. The van der Waals surface area contributed by atoms with Crippen LogP contribution in [0.4, 0.5) is 26.3 Å². The van der Waals surface area contributed by atoms with Crippen LogP contribution in [0.2, 0.25) is 5.02 Å². The molecule has 2 aromatic carbocycles. The van der Waals surface area contributed by atoms with Gasteiger partial charge in [0.25, 0.3) is 11.8 Å². The van der Waals surface area contributed by atoms with Crippen molar-refractivity contribution in [2.75, 3.05) is 6.54 Å². The Hall–Kier alpha value is -3.93. The monoisotopic (exact) mass is 568 g/mol. The van der Waals surface area contributed by atoms with E-state index in [4.69, 9.17) is 17.3 Å². The lowest BCUT2D eigenvalue weighted by molar-refractivity contribution is -0.0586. The maximum Gasteiger partial charge on any atom is 0.434 e. The van der Waals surface area contributed by atoms with Crippen LogP contribution in [-0.4, -0.2) is 35.2 Å². The van der Waals surface area contributed by atoms with Gasteiger partial charge in [0, 0.05) is 24.1 Å². The number of carbonyl (C=O) groups excluding carboxylic acids is 2. The third-order valence-electron chi connectivity index (χ3n) is 6.33. The number of nitrogens with zero attached hydrogens (tertiary/aromatic N) is 2. The minimum absolute atomic E-state index is 0.0498. The number of fused-ring (bicyclic) bond motifs is 1. The highest BCUT2D eigenvalue weighted by atomic mass is 35.5. The Morgan fingerprint density at radius 1 is 1.10 bits per heavy atom. The molecule has 1 aliphatic rings. The molecule has 2 amide bonds. The molecule has 0 bridgehead atoms. The fraction of sp³-hybridized carbons (Fsp3) is 0.231. The van der Waals surface area contributed by atoms with Gasteiger partial charge in [-0.2, -0.15) is 13.2 Å². The first-order valence-corrected chi connectivity index (χ1v) is 11.8. The second-order valence-corrected chi connectivity index (χ2v) is 9.28. The first-order chi connectivity index (χ1) is 18.3. The van der Waals surface area contributed by atoms with Crippen LogP contribution in [0.5, 0.6) is 0 Å². The molecule has 1 atom stereocenters. The van der Waals surface area contributed by atoms with Crippen molar-refractivity contribution >= 4 is 40.0 Å². The molecule has 0 fully saturated rings. The average molecular weight is 569 g/mol. The van der Waals surface area contributed by atoms with Crippen molar-refractivity contribution in [2.24, 2.45) is 16.6 Å². The molecular formula is C26H19ClF6N4O2. The Kier molecular flexibility index (Phi) is 7.69. The van der Waals surface area contributed by atoms with Gasteiger partial charge in [0.1, 0.15) is 23.1 Å². The molecule has 1 aliphatic heterocycles. The summed E-state index contributed by atoms with van der Waals surface area (Å²) in [6.07, 6.45) is -4.97. The SMILES string of the molecule is CC1=C(NC(=O)c2cc(C(N)=O)nc3cc(F)c(Cl)cc23)C(C(F)(F)F)=NCCC1Cc1ccc(F)cc1F. The van der Waals surface area contributed by atoms with Crippen molar-refractivity contribution < 1.29 is 35.9 Å². The fourth-order valence-electron chi connectivity index (χ4n) is 4.33. The largest absolute Gasteiger partial charge is 0.434 e. The molecule has 0 aliphatic carbocycles. The number of amides is 2. The summed E-state index contributed by atoms with van der Waals surface area (Å²) in [5.74, 6) is -5.45. The molecule has 0 spiro atoms. The molecular weight excluding hydrogens is 550 g/mol. The number of halogens is 7. The predicted octanol–water partition coefficient (Wildman–Crippen LogP) is 5.67. The van der Waals surface area contributed by atoms with E-state index in [0.717, 1.165) is 24.3 Å². The highest BCUT2D eigenvalue weighted by molar-refractivity contribution is 6.31. The average Bonchev–Trinajstić information content (AvgIpc) is 2.99. The number of primary amides is 1. The van der Waals surface area contributed by atoms with Gasteiger partial charge in [-0.25, -0.2) is 18.2 Å². The standard InChI is InChI=1S/C26H19ClF6N4O2/c1-11-12(6-13-2-3-14(28)7-18(13)29)4-5-35-23(26(31,32)33)22(11)37-25(39)16-9-21(24(34)38)36-20-10-19(30)17(27)8-15(16)20/h2-3,7-10,12H,4-6H2,1H3,(H2,34,38)(H,37,39). The number of carbonyl (C=O) groups is 2. The van der Waals surface area contributed by atoms with Gasteiger partial charge in [-0.15, -0.1) is 0 Å². The van der Waals surface area contributed by atoms with Crippen molar-refractivity contribution in [1.82, 2.24) is 10.3 Å². The molecule has 13 heteroatoms. The van der Waals surface area contributed by atoms with Crippen LogP contribution in [0, 0.1) is 23.4 Å². The number of benzene rings is 2. The van der Waals surface area contributed by atoms with Crippen LogP contribution in [0.3, 0.4) is 0 Å². The number of pyridine rings is 1.